The third-order valence-electron chi connectivity index (χ3n) is 6.07. The molecule has 0 saturated carbocycles. The van der Waals surface area contributed by atoms with E-state index in [1.54, 1.807) is 0 Å². The molecule has 3 aromatic rings. The van der Waals surface area contributed by atoms with Crippen molar-refractivity contribution in [1.29, 1.82) is 0 Å². The van der Waals surface area contributed by atoms with E-state index in [-0.39, 0.29) is 5.91 Å². The summed E-state index contributed by atoms with van der Waals surface area (Å²) in [6.45, 7) is 5.62. The number of para-hydroxylation sites is 2. The first kappa shape index (κ1) is 19.8. The van der Waals surface area contributed by atoms with E-state index in [1.807, 2.05) is 36.4 Å². The van der Waals surface area contributed by atoms with Crippen LogP contribution >= 0.6 is 0 Å². The zero-order chi connectivity index (χ0) is 21.0. The molecule has 5 heteroatoms. The summed E-state index contributed by atoms with van der Waals surface area (Å²) in [4.78, 5) is 15.4. The van der Waals surface area contributed by atoms with Gasteiger partial charge < -0.3 is 15.4 Å². The van der Waals surface area contributed by atoms with Crippen LogP contribution < -0.4 is 15.4 Å². The fraction of sp³-hybridized carbons (Fsp3) is 0.269. The summed E-state index contributed by atoms with van der Waals surface area (Å²) >= 11 is 0. The minimum Gasteiger partial charge on any atom is -0.490 e. The fourth-order valence-electron chi connectivity index (χ4n) is 4.37. The topological polar surface area (TPSA) is 53.6 Å². The molecular weight excluding hydrogens is 386 g/mol. The van der Waals surface area contributed by atoms with Crippen LogP contribution in [0.1, 0.15) is 21.5 Å². The van der Waals surface area contributed by atoms with Gasteiger partial charge in [-0.05, 0) is 52.9 Å². The van der Waals surface area contributed by atoms with Crippen LogP contribution in [0.4, 0.5) is 5.69 Å². The Morgan fingerprint density at radius 1 is 0.935 bits per heavy atom. The van der Waals surface area contributed by atoms with E-state index in [1.165, 1.54) is 16.7 Å². The molecule has 1 fully saturated rings. The normalized spacial score (nSPS) is 15.2. The molecule has 0 spiro atoms. The van der Waals surface area contributed by atoms with Crippen LogP contribution in [0.3, 0.4) is 0 Å². The lowest BCUT2D eigenvalue weighted by molar-refractivity contribution is 0.102. The molecule has 0 aromatic heterocycles. The lowest BCUT2D eigenvalue weighted by Crippen LogP contribution is -2.44. The van der Waals surface area contributed by atoms with Gasteiger partial charge in [-0.15, -0.1) is 0 Å². The molecule has 31 heavy (non-hydrogen) atoms. The molecular formula is C26H27N3O2. The van der Waals surface area contributed by atoms with Gasteiger partial charge in [0.1, 0.15) is 12.4 Å². The lowest BCUT2D eigenvalue weighted by Gasteiger charge is -2.27. The minimum absolute atomic E-state index is 0.120. The Labute approximate surface area is 183 Å². The molecule has 0 radical (unpaired) electrons. The molecule has 1 heterocycles. The Morgan fingerprint density at radius 2 is 1.71 bits per heavy atom. The summed E-state index contributed by atoms with van der Waals surface area (Å²) in [5, 5.41) is 6.40. The van der Waals surface area contributed by atoms with Crippen LogP contribution in [-0.2, 0) is 6.42 Å². The van der Waals surface area contributed by atoms with Crippen LogP contribution in [0.25, 0.3) is 11.1 Å². The highest BCUT2D eigenvalue weighted by atomic mass is 16.5. The van der Waals surface area contributed by atoms with Crippen molar-refractivity contribution >= 4 is 11.6 Å². The highest BCUT2D eigenvalue weighted by molar-refractivity contribution is 6.06. The summed E-state index contributed by atoms with van der Waals surface area (Å²) in [6.07, 6.45) is 0.928. The van der Waals surface area contributed by atoms with E-state index in [9.17, 15) is 4.79 Å². The first-order valence-electron chi connectivity index (χ1n) is 11.0. The van der Waals surface area contributed by atoms with Crippen molar-refractivity contribution in [2.45, 2.75) is 6.42 Å². The van der Waals surface area contributed by atoms with Crippen molar-refractivity contribution in [2.24, 2.45) is 0 Å². The maximum absolute atomic E-state index is 13.0. The number of rotatable bonds is 6. The number of hydrogen-bond acceptors (Lipinski definition) is 4. The third kappa shape index (κ3) is 4.33. The van der Waals surface area contributed by atoms with Crippen LogP contribution in [0.2, 0.25) is 0 Å². The van der Waals surface area contributed by atoms with E-state index in [0.717, 1.165) is 44.7 Å². The number of nitrogens with one attached hydrogen (secondary N) is 2. The first-order chi connectivity index (χ1) is 15.3. The Hall–Kier alpha value is -3.15. The smallest absolute Gasteiger partial charge is 0.255 e. The van der Waals surface area contributed by atoms with Gasteiger partial charge in [0.15, 0.2) is 0 Å². The number of hydrogen-bond donors (Lipinski definition) is 2. The molecule has 2 N–H and O–H groups in total. The molecule has 158 valence electrons. The lowest BCUT2D eigenvalue weighted by atomic mass is 10.0. The maximum Gasteiger partial charge on any atom is 0.255 e. The van der Waals surface area contributed by atoms with Crippen LogP contribution in [-0.4, -0.2) is 50.1 Å². The van der Waals surface area contributed by atoms with Gasteiger partial charge in [0.25, 0.3) is 5.91 Å². The number of nitrogens with zero attached hydrogens (tertiary/aromatic N) is 1. The number of ether oxygens (including phenoxy) is 1. The summed E-state index contributed by atoms with van der Waals surface area (Å²) in [5.74, 6) is 0.586. The zero-order valence-electron chi connectivity index (χ0n) is 17.6. The van der Waals surface area contributed by atoms with Gasteiger partial charge >= 0.3 is 0 Å². The Balaban J connectivity index is 1.27. The predicted molar refractivity (Wildman–Crippen MR) is 124 cm³/mol. The van der Waals surface area contributed by atoms with Gasteiger partial charge in [-0.1, -0.05) is 42.5 Å². The van der Waals surface area contributed by atoms with E-state index in [0.29, 0.717) is 23.6 Å². The average Bonchev–Trinajstić information content (AvgIpc) is 3.19. The zero-order valence-corrected chi connectivity index (χ0v) is 17.6. The molecule has 1 aliphatic heterocycles. The van der Waals surface area contributed by atoms with Crippen LogP contribution in [0.5, 0.6) is 5.75 Å². The van der Waals surface area contributed by atoms with Gasteiger partial charge in [0, 0.05) is 38.3 Å². The average molecular weight is 414 g/mol. The number of fused-ring (bicyclic) bond motifs is 3. The van der Waals surface area contributed by atoms with Gasteiger partial charge in [-0.2, -0.15) is 0 Å². The second-order valence-corrected chi connectivity index (χ2v) is 8.10. The van der Waals surface area contributed by atoms with E-state index >= 15 is 0 Å². The van der Waals surface area contributed by atoms with Gasteiger partial charge in [0.2, 0.25) is 0 Å². The standard InChI is InChI=1S/C26H27N3O2/c30-26(21-10-9-20-17-19-5-1-2-6-22(19)23(20)18-21)28-24-7-3-4-8-25(24)31-16-15-29-13-11-27-12-14-29/h1-10,18,27H,11-17H2,(H,28,30). The quantitative estimate of drug-likeness (QED) is 0.505. The molecule has 1 amide bonds. The number of piperazine rings is 1. The van der Waals surface area contributed by atoms with Gasteiger partial charge in [-0.3, -0.25) is 9.69 Å². The van der Waals surface area contributed by atoms with Crippen molar-refractivity contribution in [3.8, 4) is 16.9 Å². The molecule has 5 rings (SSSR count). The number of anilines is 1. The van der Waals surface area contributed by atoms with E-state index in [2.05, 4.69) is 45.9 Å². The monoisotopic (exact) mass is 413 g/mol. The highest BCUT2D eigenvalue weighted by Gasteiger charge is 2.20. The van der Waals surface area contributed by atoms with Crippen LogP contribution in [0.15, 0.2) is 66.7 Å². The number of carbonyl (C=O) groups excluding carboxylic acids is 1. The second-order valence-electron chi connectivity index (χ2n) is 8.10. The Morgan fingerprint density at radius 3 is 2.61 bits per heavy atom. The maximum atomic E-state index is 13.0. The number of carbonyl (C=O) groups is 1. The molecule has 1 aliphatic carbocycles. The summed E-state index contributed by atoms with van der Waals surface area (Å²) < 4.78 is 6.02. The fourth-order valence-corrected chi connectivity index (χ4v) is 4.37. The molecule has 1 saturated heterocycles. The molecule has 3 aromatic carbocycles. The van der Waals surface area contributed by atoms with Crippen LogP contribution in [0, 0.1) is 0 Å². The molecule has 0 unspecified atom stereocenters. The number of amides is 1. The van der Waals surface area contributed by atoms with Crippen molar-refractivity contribution in [3.63, 3.8) is 0 Å². The third-order valence-corrected chi connectivity index (χ3v) is 6.07. The van der Waals surface area contributed by atoms with Crippen molar-refractivity contribution in [1.82, 2.24) is 10.2 Å². The van der Waals surface area contributed by atoms with E-state index < -0.39 is 0 Å². The van der Waals surface area contributed by atoms with Gasteiger partial charge in [0.05, 0.1) is 5.69 Å². The van der Waals surface area contributed by atoms with Crippen molar-refractivity contribution < 1.29 is 9.53 Å². The molecule has 0 atom stereocenters. The Kier molecular flexibility index (Phi) is 5.69. The number of benzene rings is 3. The minimum atomic E-state index is -0.120. The van der Waals surface area contributed by atoms with Crippen molar-refractivity contribution in [3.05, 3.63) is 83.4 Å². The molecule has 0 bridgehead atoms. The first-order valence-corrected chi connectivity index (χ1v) is 11.0. The SMILES string of the molecule is O=C(Nc1ccccc1OCCN1CCNCC1)c1ccc2c(c1)-c1ccccc1C2. The van der Waals surface area contributed by atoms with E-state index in [4.69, 9.17) is 4.74 Å². The van der Waals surface area contributed by atoms with Gasteiger partial charge in [-0.25, -0.2) is 0 Å². The molecule has 5 nitrogen and oxygen atoms in total. The van der Waals surface area contributed by atoms with Crippen molar-refractivity contribution in [2.75, 3.05) is 44.6 Å². The summed E-state index contributed by atoms with van der Waals surface area (Å²) in [5.41, 5.74) is 6.33. The summed E-state index contributed by atoms with van der Waals surface area (Å²) in [6, 6.07) is 22.0. The largest absolute Gasteiger partial charge is 0.490 e. The Bertz CT molecular complexity index is 1090. The summed E-state index contributed by atoms with van der Waals surface area (Å²) in [7, 11) is 0. The molecule has 2 aliphatic rings. The predicted octanol–water partition coefficient (Wildman–Crippen LogP) is 3.79. The highest BCUT2D eigenvalue weighted by Crippen LogP contribution is 2.37. The second kappa shape index (κ2) is 8.92.